The molecule has 4 aliphatic rings. The fraction of sp³-hybridized carbons (Fsp3) is 0.625. The summed E-state index contributed by atoms with van der Waals surface area (Å²) in [5.74, 6) is -1.02. The second kappa shape index (κ2) is 3.64. The van der Waals surface area contributed by atoms with Crippen molar-refractivity contribution in [3.63, 3.8) is 0 Å². The van der Waals surface area contributed by atoms with Gasteiger partial charge in [0, 0.05) is 12.8 Å². The minimum atomic E-state index is -0.553. The average Bonchev–Trinajstić information content (AvgIpc) is 2.22. The Morgan fingerprint density at radius 1 is 0.800 bits per heavy atom. The highest BCUT2D eigenvalue weighted by Gasteiger charge is 2.71. The smallest absolute Gasteiger partial charge is 0.173 e. The Kier molecular flexibility index (Phi) is 2.41. The van der Waals surface area contributed by atoms with E-state index < -0.39 is 19.5 Å². The van der Waals surface area contributed by atoms with Crippen LogP contribution in [0.1, 0.15) is 40.5 Å². The molecular weight excluding hydrogens is 271 g/mol. The first kappa shape index (κ1) is 13.2. The Balaban J connectivity index is 1.87. The molecule has 4 heterocycles. The maximum absolute atomic E-state index is 6.42. The highest BCUT2D eigenvalue weighted by atomic mass is 31.1. The van der Waals surface area contributed by atoms with E-state index in [4.69, 9.17) is 14.2 Å². The molecule has 0 spiro atoms. The molecule has 4 fully saturated rings. The van der Waals surface area contributed by atoms with Crippen LogP contribution in [0, 0.1) is 0 Å². The molecule has 0 N–H and O–H groups in total. The van der Waals surface area contributed by atoms with Gasteiger partial charge in [-0.2, -0.15) is 0 Å². The molecule has 0 aromatic heterocycles. The normalized spacial score (nSPS) is 53.3. The van der Waals surface area contributed by atoms with Crippen LogP contribution in [0.25, 0.3) is 0 Å². The molecule has 1 aromatic rings. The van der Waals surface area contributed by atoms with Gasteiger partial charge in [-0.05, 0) is 40.9 Å². The number of ether oxygens (including phenoxy) is 3. The van der Waals surface area contributed by atoms with Gasteiger partial charge in [0.05, 0.1) is 10.7 Å². The summed E-state index contributed by atoms with van der Waals surface area (Å²) in [5, 5.41) is 1.01. The third-order valence-electron chi connectivity index (χ3n) is 4.56. The van der Waals surface area contributed by atoms with E-state index in [0.717, 1.165) is 12.8 Å². The first-order valence-electron chi connectivity index (χ1n) is 7.22. The lowest BCUT2D eigenvalue weighted by atomic mass is 9.98. The summed E-state index contributed by atoms with van der Waals surface area (Å²) in [6, 6.07) is 10.7. The maximum Gasteiger partial charge on any atom is 0.173 e. The van der Waals surface area contributed by atoms with Crippen LogP contribution in [0.5, 0.6) is 0 Å². The van der Waals surface area contributed by atoms with E-state index >= 15 is 0 Å². The van der Waals surface area contributed by atoms with Crippen LogP contribution in [0.2, 0.25) is 0 Å². The summed E-state index contributed by atoms with van der Waals surface area (Å²) in [5.41, 5.74) is 0. The first-order chi connectivity index (χ1) is 9.26. The molecule has 4 bridgehead atoms. The van der Waals surface area contributed by atoms with Gasteiger partial charge >= 0.3 is 0 Å². The molecule has 0 radical (unpaired) electrons. The predicted octanol–water partition coefficient (Wildman–Crippen LogP) is 3.53. The van der Waals surface area contributed by atoms with E-state index in [-0.39, 0.29) is 10.7 Å². The van der Waals surface area contributed by atoms with Gasteiger partial charge in [-0.1, -0.05) is 30.3 Å². The molecule has 0 aliphatic carbocycles. The number of benzene rings is 1. The van der Waals surface area contributed by atoms with Gasteiger partial charge in [0.2, 0.25) is 0 Å². The minimum absolute atomic E-state index is 0.177. The van der Waals surface area contributed by atoms with Gasteiger partial charge in [-0.15, -0.1) is 0 Å². The fourth-order valence-electron chi connectivity index (χ4n) is 4.71. The molecule has 0 saturated carbocycles. The molecule has 3 nitrogen and oxygen atoms in total. The third kappa shape index (κ3) is 1.67. The first-order valence-corrected chi connectivity index (χ1v) is 8.56. The zero-order valence-electron chi connectivity index (χ0n) is 12.5. The quantitative estimate of drug-likeness (QED) is 0.741. The molecular formula is C16H21O3P. The van der Waals surface area contributed by atoms with Crippen molar-refractivity contribution in [3.8, 4) is 0 Å². The minimum Gasteiger partial charge on any atom is -0.339 e. The van der Waals surface area contributed by atoms with Gasteiger partial charge in [-0.25, -0.2) is 0 Å². The molecule has 5 atom stereocenters. The SMILES string of the molecule is CC12C[C@]3(C)O[C@@](C)(C[C@@](C)(O3)P1c1ccccc1)O2. The summed E-state index contributed by atoms with van der Waals surface area (Å²) in [6.45, 7) is 8.59. The standard InChI is InChI=1S/C16H21O3P/c1-13-10-15(3)19-14(2,17-13)11-16(4,18-13)20(15)12-8-6-5-7-9-12/h5-9H,10-11H2,1-4H3/t13-,14-,15+,16?,20?/m1/s1. The largest absolute Gasteiger partial charge is 0.339 e. The lowest BCUT2D eigenvalue weighted by molar-refractivity contribution is -0.467. The molecule has 5 rings (SSSR count). The molecule has 2 unspecified atom stereocenters. The summed E-state index contributed by atoms with van der Waals surface area (Å²) >= 11 is 0. The highest BCUT2D eigenvalue weighted by molar-refractivity contribution is 7.68. The van der Waals surface area contributed by atoms with Crippen LogP contribution in [-0.4, -0.2) is 22.3 Å². The lowest BCUT2D eigenvalue weighted by Crippen LogP contribution is -2.72. The summed E-state index contributed by atoms with van der Waals surface area (Å²) in [6.07, 6.45) is 1.59. The number of hydrogen-bond acceptors (Lipinski definition) is 3. The second-order valence-electron chi connectivity index (χ2n) is 6.95. The molecule has 1 aromatic carbocycles. The van der Waals surface area contributed by atoms with Crippen LogP contribution >= 0.6 is 7.92 Å². The van der Waals surface area contributed by atoms with Crippen molar-refractivity contribution in [2.45, 2.75) is 62.8 Å². The van der Waals surface area contributed by atoms with Crippen molar-refractivity contribution in [1.82, 2.24) is 0 Å². The van der Waals surface area contributed by atoms with E-state index in [1.54, 1.807) is 0 Å². The van der Waals surface area contributed by atoms with Crippen molar-refractivity contribution >= 4 is 13.2 Å². The second-order valence-corrected chi connectivity index (χ2v) is 10.0. The summed E-state index contributed by atoms with van der Waals surface area (Å²) in [7, 11) is -0.553. The van der Waals surface area contributed by atoms with Crippen LogP contribution in [0.3, 0.4) is 0 Å². The van der Waals surface area contributed by atoms with Gasteiger partial charge in [0.1, 0.15) is 0 Å². The van der Waals surface area contributed by atoms with E-state index in [2.05, 4.69) is 58.0 Å². The topological polar surface area (TPSA) is 27.7 Å². The molecule has 4 heteroatoms. The maximum atomic E-state index is 6.42. The van der Waals surface area contributed by atoms with Gasteiger partial charge in [-0.3, -0.25) is 0 Å². The van der Waals surface area contributed by atoms with Crippen molar-refractivity contribution in [2.75, 3.05) is 0 Å². The van der Waals surface area contributed by atoms with Crippen molar-refractivity contribution < 1.29 is 14.2 Å². The fourth-order valence-corrected chi connectivity index (χ4v) is 8.73. The van der Waals surface area contributed by atoms with E-state index in [0.29, 0.717) is 0 Å². The Labute approximate surface area is 121 Å². The van der Waals surface area contributed by atoms with Crippen molar-refractivity contribution in [3.05, 3.63) is 30.3 Å². The molecule has 4 saturated heterocycles. The Bertz CT molecular complexity index is 514. The Morgan fingerprint density at radius 3 is 1.80 bits per heavy atom. The molecule has 20 heavy (non-hydrogen) atoms. The average molecular weight is 292 g/mol. The third-order valence-corrected chi connectivity index (χ3v) is 7.77. The predicted molar refractivity (Wildman–Crippen MR) is 79.1 cm³/mol. The molecule has 4 aliphatic heterocycles. The van der Waals surface area contributed by atoms with E-state index in [1.165, 1.54) is 5.30 Å². The lowest BCUT2D eigenvalue weighted by Gasteiger charge is -2.69. The van der Waals surface area contributed by atoms with Crippen molar-refractivity contribution in [1.29, 1.82) is 0 Å². The van der Waals surface area contributed by atoms with Crippen LogP contribution < -0.4 is 5.30 Å². The molecule has 108 valence electrons. The summed E-state index contributed by atoms with van der Waals surface area (Å²) in [4.78, 5) is 0. The van der Waals surface area contributed by atoms with E-state index in [1.807, 2.05) is 0 Å². The van der Waals surface area contributed by atoms with Gasteiger partial charge in [0.15, 0.2) is 11.6 Å². The zero-order valence-corrected chi connectivity index (χ0v) is 13.4. The van der Waals surface area contributed by atoms with Gasteiger partial charge in [0.25, 0.3) is 0 Å². The van der Waals surface area contributed by atoms with Crippen LogP contribution in [0.15, 0.2) is 30.3 Å². The number of rotatable bonds is 1. The van der Waals surface area contributed by atoms with Crippen LogP contribution in [0.4, 0.5) is 0 Å². The van der Waals surface area contributed by atoms with E-state index in [9.17, 15) is 0 Å². The van der Waals surface area contributed by atoms with Crippen molar-refractivity contribution in [2.24, 2.45) is 0 Å². The summed E-state index contributed by atoms with van der Waals surface area (Å²) < 4.78 is 18.9. The number of hydrogen-bond donors (Lipinski definition) is 0. The Morgan fingerprint density at radius 2 is 1.30 bits per heavy atom. The van der Waals surface area contributed by atoms with Gasteiger partial charge < -0.3 is 14.2 Å². The molecule has 0 amide bonds. The van der Waals surface area contributed by atoms with Crippen LogP contribution in [-0.2, 0) is 14.2 Å². The highest BCUT2D eigenvalue weighted by Crippen LogP contribution is 2.75. The monoisotopic (exact) mass is 292 g/mol. The Hall–Kier alpha value is -0.470. The zero-order chi connectivity index (χ0) is 14.2.